The Morgan fingerprint density at radius 3 is 2.78 bits per heavy atom. The number of ether oxygens (including phenoxy) is 1. The molecule has 2 N–H and O–H groups in total. The summed E-state index contributed by atoms with van der Waals surface area (Å²) in [7, 11) is 0. The second-order valence-corrected chi connectivity index (χ2v) is 5.35. The van der Waals surface area contributed by atoms with E-state index in [9.17, 15) is 9.59 Å². The molecule has 2 amide bonds. The van der Waals surface area contributed by atoms with E-state index in [4.69, 9.17) is 4.74 Å². The zero-order valence-electron chi connectivity index (χ0n) is 13.4. The lowest BCUT2D eigenvalue weighted by molar-refractivity contribution is -0.124. The Kier molecular flexibility index (Phi) is 5.51. The molecule has 0 aliphatic heterocycles. The minimum absolute atomic E-state index is 0.0745. The molecule has 0 radical (unpaired) electrons. The number of amides is 2. The van der Waals surface area contributed by atoms with Crippen molar-refractivity contribution in [1.82, 2.24) is 25.2 Å². The second kappa shape index (κ2) is 7.57. The monoisotopic (exact) mass is 319 g/mol. The van der Waals surface area contributed by atoms with Crippen LogP contribution in [0.25, 0.3) is 5.65 Å². The number of hydrogen-bond donors (Lipinski definition) is 2. The van der Waals surface area contributed by atoms with Crippen molar-refractivity contribution in [2.24, 2.45) is 5.92 Å². The molecule has 8 heteroatoms. The van der Waals surface area contributed by atoms with Crippen LogP contribution < -0.4 is 10.6 Å². The van der Waals surface area contributed by atoms with E-state index in [2.05, 4.69) is 20.8 Å². The second-order valence-electron chi connectivity index (χ2n) is 5.35. The molecule has 0 saturated carbocycles. The van der Waals surface area contributed by atoms with Crippen LogP contribution in [-0.2, 0) is 16.1 Å². The summed E-state index contributed by atoms with van der Waals surface area (Å²) in [5.74, 6) is 0.253. The Morgan fingerprint density at radius 2 is 2.09 bits per heavy atom. The Bertz CT molecular complexity index is 683. The van der Waals surface area contributed by atoms with Crippen molar-refractivity contribution in [3.8, 4) is 0 Å². The normalized spacial score (nSPS) is 12.2. The molecule has 0 fully saturated rings. The number of alkyl carbamates (subject to hydrolysis) is 1. The summed E-state index contributed by atoms with van der Waals surface area (Å²) in [6.07, 6.45) is 1.22. The van der Waals surface area contributed by atoms with E-state index in [1.165, 1.54) is 0 Å². The van der Waals surface area contributed by atoms with Gasteiger partial charge in [-0.25, -0.2) is 4.79 Å². The first-order valence-electron chi connectivity index (χ1n) is 7.52. The number of nitrogens with one attached hydrogen (secondary N) is 2. The zero-order valence-corrected chi connectivity index (χ0v) is 13.4. The molecular formula is C15H21N5O3. The number of pyridine rings is 1. The summed E-state index contributed by atoms with van der Waals surface area (Å²) in [5, 5.41) is 13.4. The van der Waals surface area contributed by atoms with Crippen molar-refractivity contribution >= 4 is 17.6 Å². The van der Waals surface area contributed by atoms with Gasteiger partial charge < -0.3 is 15.4 Å². The summed E-state index contributed by atoms with van der Waals surface area (Å²) in [5.41, 5.74) is 0.710. The maximum atomic E-state index is 12.3. The number of carbonyl (C=O) groups is 2. The van der Waals surface area contributed by atoms with Crippen molar-refractivity contribution in [1.29, 1.82) is 0 Å². The van der Waals surface area contributed by atoms with Crippen LogP contribution in [0.2, 0.25) is 0 Å². The van der Waals surface area contributed by atoms with Crippen LogP contribution >= 0.6 is 0 Å². The molecule has 2 heterocycles. The molecule has 2 aromatic rings. The van der Waals surface area contributed by atoms with Crippen LogP contribution in [0.15, 0.2) is 24.4 Å². The molecule has 0 saturated heterocycles. The van der Waals surface area contributed by atoms with E-state index in [1.807, 2.05) is 38.2 Å². The van der Waals surface area contributed by atoms with Gasteiger partial charge in [-0.2, -0.15) is 0 Å². The predicted octanol–water partition coefficient (Wildman–Crippen LogP) is 1.12. The average molecular weight is 319 g/mol. The molecule has 0 aliphatic carbocycles. The van der Waals surface area contributed by atoms with Crippen LogP contribution in [0.4, 0.5) is 4.79 Å². The van der Waals surface area contributed by atoms with Gasteiger partial charge in [0.2, 0.25) is 5.91 Å². The van der Waals surface area contributed by atoms with Gasteiger partial charge in [0.25, 0.3) is 0 Å². The largest absolute Gasteiger partial charge is 0.450 e. The average Bonchev–Trinajstić information content (AvgIpc) is 2.93. The lowest BCUT2D eigenvalue weighted by Gasteiger charge is -2.21. The molecule has 0 unspecified atom stereocenters. The molecule has 2 rings (SSSR count). The minimum atomic E-state index is -0.673. The summed E-state index contributed by atoms with van der Waals surface area (Å²) in [6.45, 7) is 5.88. The number of nitrogens with zero attached hydrogens (tertiary/aromatic N) is 3. The molecule has 0 aromatic carbocycles. The Balaban J connectivity index is 2.00. The Labute approximate surface area is 134 Å². The summed E-state index contributed by atoms with van der Waals surface area (Å²) >= 11 is 0. The third-order valence-electron chi connectivity index (χ3n) is 3.30. The van der Waals surface area contributed by atoms with Gasteiger partial charge in [-0.15, -0.1) is 10.2 Å². The number of fused-ring (bicyclic) bond motifs is 1. The summed E-state index contributed by atoms with van der Waals surface area (Å²) in [4.78, 5) is 23.8. The summed E-state index contributed by atoms with van der Waals surface area (Å²) < 4.78 is 6.62. The van der Waals surface area contributed by atoms with Gasteiger partial charge in [-0.3, -0.25) is 9.20 Å². The highest BCUT2D eigenvalue weighted by Crippen LogP contribution is 2.05. The number of hydrogen-bond acceptors (Lipinski definition) is 5. The molecule has 0 spiro atoms. The third-order valence-corrected chi connectivity index (χ3v) is 3.30. The number of aromatic nitrogens is 3. The smallest absolute Gasteiger partial charge is 0.407 e. The fourth-order valence-corrected chi connectivity index (χ4v) is 2.12. The molecule has 0 aliphatic rings. The van der Waals surface area contributed by atoms with Crippen molar-refractivity contribution in [2.75, 3.05) is 6.61 Å². The first-order valence-corrected chi connectivity index (χ1v) is 7.52. The first kappa shape index (κ1) is 16.7. The van der Waals surface area contributed by atoms with Crippen LogP contribution in [-0.4, -0.2) is 39.2 Å². The van der Waals surface area contributed by atoms with Crippen LogP contribution in [0.5, 0.6) is 0 Å². The SMILES string of the molecule is CCOC(=O)N[C@H](C(=O)NCc1nnc2ccccn12)C(C)C. The molecule has 1 atom stereocenters. The van der Waals surface area contributed by atoms with Gasteiger partial charge in [-0.05, 0) is 25.0 Å². The molecular weight excluding hydrogens is 298 g/mol. The fraction of sp³-hybridized carbons (Fsp3) is 0.467. The van der Waals surface area contributed by atoms with E-state index in [1.54, 1.807) is 11.3 Å². The Hall–Kier alpha value is -2.64. The standard InChI is InChI=1S/C15H21N5O3/c1-4-23-15(22)17-13(10(2)3)14(21)16-9-12-19-18-11-7-5-6-8-20(11)12/h5-8,10,13H,4,9H2,1-3H3,(H,16,21)(H,17,22)/t13-/m0/s1. The molecule has 23 heavy (non-hydrogen) atoms. The van der Waals surface area contributed by atoms with Crippen molar-refractivity contribution in [2.45, 2.75) is 33.4 Å². The summed E-state index contributed by atoms with van der Waals surface area (Å²) in [6, 6.07) is 4.89. The first-order chi connectivity index (χ1) is 11.0. The van der Waals surface area contributed by atoms with Crippen LogP contribution in [0.1, 0.15) is 26.6 Å². The predicted molar refractivity (Wildman–Crippen MR) is 83.6 cm³/mol. The van der Waals surface area contributed by atoms with Gasteiger partial charge in [0.1, 0.15) is 6.04 Å². The van der Waals surface area contributed by atoms with Gasteiger partial charge in [0, 0.05) is 6.20 Å². The molecule has 0 bridgehead atoms. The zero-order chi connectivity index (χ0) is 16.8. The minimum Gasteiger partial charge on any atom is -0.450 e. The van der Waals surface area contributed by atoms with E-state index >= 15 is 0 Å². The highest BCUT2D eigenvalue weighted by molar-refractivity contribution is 5.85. The van der Waals surface area contributed by atoms with Crippen LogP contribution in [0, 0.1) is 5.92 Å². The molecule has 124 valence electrons. The quantitative estimate of drug-likeness (QED) is 0.831. The molecule has 2 aromatic heterocycles. The van der Waals surface area contributed by atoms with Crippen molar-refractivity contribution < 1.29 is 14.3 Å². The fourth-order valence-electron chi connectivity index (χ4n) is 2.12. The van der Waals surface area contributed by atoms with Gasteiger partial charge in [0.05, 0.1) is 13.2 Å². The maximum Gasteiger partial charge on any atom is 0.407 e. The van der Waals surface area contributed by atoms with E-state index < -0.39 is 12.1 Å². The highest BCUT2D eigenvalue weighted by atomic mass is 16.5. The lowest BCUT2D eigenvalue weighted by Crippen LogP contribution is -2.49. The Morgan fingerprint density at radius 1 is 1.30 bits per heavy atom. The van der Waals surface area contributed by atoms with Crippen LogP contribution in [0.3, 0.4) is 0 Å². The van der Waals surface area contributed by atoms with Gasteiger partial charge >= 0.3 is 6.09 Å². The third kappa shape index (κ3) is 4.18. The lowest BCUT2D eigenvalue weighted by atomic mass is 10.0. The van der Waals surface area contributed by atoms with Gasteiger partial charge in [0.15, 0.2) is 11.5 Å². The van der Waals surface area contributed by atoms with Crippen molar-refractivity contribution in [3.05, 3.63) is 30.2 Å². The maximum absolute atomic E-state index is 12.3. The van der Waals surface area contributed by atoms with Crippen molar-refractivity contribution in [3.63, 3.8) is 0 Å². The highest BCUT2D eigenvalue weighted by Gasteiger charge is 2.24. The van der Waals surface area contributed by atoms with Gasteiger partial charge in [-0.1, -0.05) is 19.9 Å². The number of rotatable bonds is 6. The number of carbonyl (C=O) groups excluding carboxylic acids is 2. The van der Waals surface area contributed by atoms with E-state index in [0.717, 1.165) is 0 Å². The molecule has 8 nitrogen and oxygen atoms in total. The van der Waals surface area contributed by atoms with E-state index in [0.29, 0.717) is 11.5 Å². The topological polar surface area (TPSA) is 97.6 Å². The van der Waals surface area contributed by atoms with E-state index in [-0.39, 0.29) is 25.0 Å².